The molecule has 1 saturated heterocycles. The Bertz CT molecular complexity index is 941. The van der Waals surface area contributed by atoms with Gasteiger partial charge in [0.25, 0.3) is 5.91 Å². The molecule has 2 aromatic rings. The quantitative estimate of drug-likeness (QED) is 0.572. The number of aliphatic hydroxyl groups is 1. The number of aliphatic hydroxyl groups excluding tert-OH is 1. The number of sulfonamides is 1. The molecule has 0 aliphatic carbocycles. The van der Waals surface area contributed by atoms with Gasteiger partial charge in [0.05, 0.1) is 23.6 Å². The number of rotatable bonds is 8. The molecule has 3 rings (SSSR count). The second-order valence-corrected chi connectivity index (χ2v) is 8.76. The van der Waals surface area contributed by atoms with Gasteiger partial charge in [-0.3, -0.25) is 9.78 Å². The first kappa shape index (κ1) is 22.3. The normalized spacial score (nSPS) is 21.9. The fourth-order valence-electron chi connectivity index (χ4n) is 3.30. The number of halogens is 1. The van der Waals surface area contributed by atoms with Crippen molar-refractivity contribution in [3.05, 3.63) is 60.2 Å². The summed E-state index contributed by atoms with van der Waals surface area (Å²) in [7, 11) is -3.74. The summed E-state index contributed by atoms with van der Waals surface area (Å²) in [6.07, 6.45) is 2.25. The number of ether oxygens (including phenoxy) is 1. The number of carbonyl (C=O) groups excluding carboxylic acids is 1. The van der Waals surface area contributed by atoms with Crippen molar-refractivity contribution in [3.8, 4) is 0 Å². The van der Waals surface area contributed by atoms with E-state index in [-0.39, 0.29) is 41.8 Å². The highest BCUT2D eigenvalue weighted by molar-refractivity contribution is 7.89. The Morgan fingerprint density at radius 2 is 1.97 bits per heavy atom. The van der Waals surface area contributed by atoms with Crippen molar-refractivity contribution in [2.45, 2.75) is 42.4 Å². The molecule has 1 aromatic carbocycles. The molecule has 2 heterocycles. The summed E-state index contributed by atoms with van der Waals surface area (Å²) in [5, 5.41) is 12.5. The van der Waals surface area contributed by atoms with Gasteiger partial charge in [0.1, 0.15) is 17.6 Å². The van der Waals surface area contributed by atoms with Crippen LogP contribution >= 0.6 is 0 Å². The monoisotopic (exact) mass is 437 g/mol. The van der Waals surface area contributed by atoms with Crippen LogP contribution in [-0.2, 0) is 14.8 Å². The van der Waals surface area contributed by atoms with Gasteiger partial charge in [0.2, 0.25) is 10.0 Å². The zero-order chi connectivity index (χ0) is 21.6. The van der Waals surface area contributed by atoms with Gasteiger partial charge in [-0.05, 0) is 55.7 Å². The molecule has 162 valence electrons. The van der Waals surface area contributed by atoms with E-state index in [0.717, 1.165) is 12.1 Å². The van der Waals surface area contributed by atoms with Gasteiger partial charge in [0.15, 0.2) is 0 Å². The molecule has 0 spiro atoms. The predicted octanol–water partition coefficient (Wildman–Crippen LogP) is 1.23. The molecule has 0 unspecified atom stereocenters. The molecule has 1 aliphatic heterocycles. The van der Waals surface area contributed by atoms with Crippen LogP contribution in [0.1, 0.15) is 29.8 Å². The highest BCUT2D eigenvalue weighted by atomic mass is 32.2. The smallest absolute Gasteiger partial charge is 0.270 e. The second-order valence-electron chi connectivity index (χ2n) is 6.99. The van der Waals surface area contributed by atoms with Crippen LogP contribution in [0.15, 0.2) is 53.6 Å². The Kier molecular flexibility index (Phi) is 7.48. The molecule has 10 heteroatoms. The van der Waals surface area contributed by atoms with E-state index in [9.17, 15) is 22.7 Å². The summed E-state index contributed by atoms with van der Waals surface area (Å²) in [5.74, 6) is -0.850. The highest BCUT2D eigenvalue weighted by Crippen LogP contribution is 2.22. The largest absolute Gasteiger partial charge is 0.394 e. The third kappa shape index (κ3) is 5.82. The van der Waals surface area contributed by atoms with Crippen molar-refractivity contribution in [1.82, 2.24) is 15.0 Å². The number of nitrogens with zero attached hydrogens (tertiary/aromatic N) is 1. The number of aromatic nitrogens is 1. The molecule has 0 saturated carbocycles. The Balaban J connectivity index is 1.49. The first-order valence-corrected chi connectivity index (χ1v) is 11.1. The maximum atomic E-state index is 13.0. The number of hydrogen-bond donors (Lipinski definition) is 3. The maximum absolute atomic E-state index is 13.0. The lowest BCUT2D eigenvalue weighted by molar-refractivity contribution is -0.0891. The highest BCUT2D eigenvalue weighted by Gasteiger charge is 2.32. The summed E-state index contributed by atoms with van der Waals surface area (Å²) < 4.78 is 45.8. The number of amides is 1. The molecule has 1 amide bonds. The minimum absolute atomic E-state index is 0.0148. The van der Waals surface area contributed by atoms with Gasteiger partial charge in [-0.1, -0.05) is 6.07 Å². The minimum atomic E-state index is -3.74. The fraction of sp³-hybridized carbons (Fsp3) is 0.400. The van der Waals surface area contributed by atoms with E-state index in [1.807, 2.05) is 0 Å². The number of carbonyl (C=O) groups is 1. The first-order chi connectivity index (χ1) is 14.4. The molecule has 1 aliphatic rings. The molecule has 1 fully saturated rings. The Morgan fingerprint density at radius 1 is 1.20 bits per heavy atom. The van der Waals surface area contributed by atoms with Crippen molar-refractivity contribution in [3.63, 3.8) is 0 Å². The molecular weight excluding hydrogens is 413 g/mol. The minimum Gasteiger partial charge on any atom is -0.394 e. The summed E-state index contributed by atoms with van der Waals surface area (Å²) in [5.41, 5.74) is 0.284. The summed E-state index contributed by atoms with van der Waals surface area (Å²) >= 11 is 0. The molecule has 0 radical (unpaired) electrons. The van der Waals surface area contributed by atoms with Gasteiger partial charge in [-0.15, -0.1) is 0 Å². The maximum Gasteiger partial charge on any atom is 0.270 e. The van der Waals surface area contributed by atoms with Gasteiger partial charge in [-0.2, -0.15) is 0 Å². The SMILES string of the molecule is O=C(N[C@@H]1CC[C@@H](CCNS(=O)(=O)c2ccc(F)cc2)O[C@@H]1CO)c1ccccn1. The lowest BCUT2D eigenvalue weighted by Gasteiger charge is -2.36. The second kappa shape index (κ2) is 10.1. The van der Waals surface area contributed by atoms with Gasteiger partial charge >= 0.3 is 0 Å². The molecule has 3 atom stereocenters. The van der Waals surface area contributed by atoms with E-state index in [2.05, 4.69) is 15.0 Å². The van der Waals surface area contributed by atoms with Gasteiger partial charge < -0.3 is 15.2 Å². The van der Waals surface area contributed by atoms with E-state index in [1.54, 1.807) is 18.2 Å². The van der Waals surface area contributed by atoms with Crippen LogP contribution in [-0.4, -0.2) is 55.8 Å². The summed E-state index contributed by atoms with van der Waals surface area (Å²) in [4.78, 5) is 16.3. The molecular formula is C20H24FN3O5S. The van der Waals surface area contributed by atoms with Crippen molar-refractivity contribution in [2.24, 2.45) is 0 Å². The Hall–Kier alpha value is -2.40. The van der Waals surface area contributed by atoms with Gasteiger partial charge in [-0.25, -0.2) is 17.5 Å². The van der Waals surface area contributed by atoms with E-state index in [1.165, 1.54) is 18.3 Å². The van der Waals surface area contributed by atoms with Crippen LogP contribution in [0.25, 0.3) is 0 Å². The molecule has 8 nitrogen and oxygen atoms in total. The molecule has 30 heavy (non-hydrogen) atoms. The Morgan fingerprint density at radius 3 is 2.63 bits per heavy atom. The Labute approximate surface area is 174 Å². The predicted molar refractivity (Wildman–Crippen MR) is 107 cm³/mol. The number of benzene rings is 1. The average Bonchev–Trinajstić information content (AvgIpc) is 2.75. The van der Waals surface area contributed by atoms with Crippen molar-refractivity contribution in [2.75, 3.05) is 13.2 Å². The molecule has 3 N–H and O–H groups in total. The number of nitrogens with one attached hydrogen (secondary N) is 2. The number of hydrogen-bond acceptors (Lipinski definition) is 6. The third-order valence-corrected chi connectivity index (χ3v) is 6.37. The van der Waals surface area contributed by atoms with Crippen LogP contribution in [0.4, 0.5) is 4.39 Å². The fourth-order valence-corrected chi connectivity index (χ4v) is 4.35. The van der Waals surface area contributed by atoms with Crippen LogP contribution in [0.3, 0.4) is 0 Å². The van der Waals surface area contributed by atoms with Crippen molar-refractivity contribution >= 4 is 15.9 Å². The van der Waals surface area contributed by atoms with Crippen molar-refractivity contribution in [1.29, 1.82) is 0 Å². The lowest BCUT2D eigenvalue weighted by Crippen LogP contribution is -2.51. The standard InChI is InChI=1S/C20H24FN3O5S/c21-14-4-7-16(8-5-14)30(27,28)23-12-10-15-6-9-17(19(13-25)29-15)24-20(26)18-3-1-2-11-22-18/h1-5,7-8,11,15,17,19,23,25H,6,9-10,12-13H2,(H,24,26)/t15-,17+,19+/m0/s1. The first-order valence-electron chi connectivity index (χ1n) is 9.62. The van der Waals surface area contributed by atoms with E-state index in [0.29, 0.717) is 19.3 Å². The topological polar surface area (TPSA) is 118 Å². The van der Waals surface area contributed by atoms with Gasteiger partial charge in [0, 0.05) is 12.7 Å². The van der Waals surface area contributed by atoms with Crippen molar-refractivity contribution < 1.29 is 27.4 Å². The van der Waals surface area contributed by atoms with Crippen LogP contribution in [0.2, 0.25) is 0 Å². The van der Waals surface area contributed by atoms with E-state index < -0.39 is 21.9 Å². The van der Waals surface area contributed by atoms with E-state index in [4.69, 9.17) is 4.74 Å². The van der Waals surface area contributed by atoms with Crippen LogP contribution < -0.4 is 10.0 Å². The summed E-state index contributed by atoms with van der Waals surface area (Å²) in [6.45, 7) is -0.140. The third-order valence-electron chi connectivity index (χ3n) is 4.89. The van der Waals surface area contributed by atoms with Crippen LogP contribution in [0.5, 0.6) is 0 Å². The van der Waals surface area contributed by atoms with Crippen LogP contribution in [0, 0.1) is 5.82 Å². The summed E-state index contributed by atoms with van der Waals surface area (Å²) in [6, 6.07) is 9.24. The average molecular weight is 437 g/mol. The zero-order valence-electron chi connectivity index (χ0n) is 16.2. The lowest BCUT2D eigenvalue weighted by atomic mass is 9.97. The number of pyridine rings is 1. The molecule has 0 bridgehead atoms. The van der Waals surface area contributed by atoms with E-state index >= 15 is 0 Å². The zero-order valence-corrected chi connectivity index (χ0v) is 17.0. The molecule has 1 aromatic heterocycles.